The Morgan fingerprint density at radius 2 is 1.64 bits per heavy atom. The number of nitrogens with zero attached hydrogens (tertiary/aromatic N) is 8. The minimum Gasteiger partial charge on any atom is -0.369 e. The van der Waals surface area contributed by atoms with Crippen LogP contribution in [0.15, 0.2) is 31.0 Å². The summed E-state index contributed by atoms with van der Waals surface area (Å²) in [6, 6.07) is 0.725. The van der Waals surface area contributed by atoms with E-state index >= 15 is 0 Å². The molecule has 0 atom stereocenters. The molecule has 0 radical (unpaired) electrons. The summed E-state index contributed by atoms with van der Waals surface area (Å²) in [6.45, 7) is 6.97. The molecular formula is C20H28N8. The van der Waals surface area contributed by atoms with Crippen molar-refractivity contribution >= 4 is 11.3 Å². The van der Waals surface area contributed by atoms with Crippen molar-refractivity contribution in [2.24, 2.45) is 7.05 Å². The maximum Gasteiger partial charge on any atom is 0.163 e. The van der Waals surface area contributed by atoms with E-state index in [4.69, 9.17) is 4.98 Å². The monoisotopic (exact) mass is 380 g/mol. The second-order valence-corrected chi connectivity index (χ2v) is 8.10. The quantitative estimate of drug-likeness (QED) is 0.684. The van der Waals surface area contributed by atoms with Gasteiger partial charge in [0.05, 0.1) is 30.5 Å². The fraction of sp³-hybridized carbons (Fsp3) is 0.550. The Labute approximate surface area is 165 Å². The number of likely N-dealkylation sites (N-methyl/N-ethyl adjacent to an activating group) is 1. The summed E-state index contributed by atoms with van der Waals surface area (Å²) in [5.41, 5.74) is 4.11. The first kappa shape index (κ1) is 17.6. The van der Waals surface area contributed by atoms with Crippen LogP contribution < -0.4 is 4.90 Å². The molecule has 5 heterocycles. The zero-order chi connectivity index (χ0) is 19.1. The van der Waals surface area contributed by atoms with Crippen molar-refractivity contribution in [2.45, 2.75) is 18.9 Å². The highest BCUT2D eigenvalue weighted by molar-refractivity contribution is 5.76. The number of hydrogen-bond acceptors (Lipinski definition) is 6. The van der Waals surface area contributed by atoms with Gasteiger partial charge in [-0.15, -0.1) is 0 Å². The average Bonchev–Trinajstić information content (AvgIpc) is 3.34. The summed E-state index contributed by atoms with van der Waals surface area (Å²) in [4.78, 5) is 12.3. The summed E-state index contributed by atoms with van der Waals surface area (Å²) in [5.74, 6) is 0. The molecule has 8 heteroatoms. The molecule has 0 N–H and O–H groups in total. The van der Waals surface area contributed by atoms with E-state index in [0.29, 0.717) is 0 Å². The van der Waals surface area contributed by atoms with Crippen molar-refractivity contribution in [3.63, 3.8) is 0 Å². The second-order valence-electron chi connectivity index (χ2n) is 8.10. The predicted molar refractivity (Wildman–Crippen MR) is 109 cm³/mol. The van der Waals surface area contributed by atoms with Gasteiger partial charge in [-0.3, -0.25) is 9.58 Å². The lowest BCUT2D eigenvalue weighted by atomic mass is 10.0. The number of aromatic nitrogens is 5. The molecule has 3 aromatic heterocycles. The third kappa shape index (κ3) is 3.27. The Kier molecular flexibility index (Phi) is 4.52. The average molecular weight is 381 g/mol. The second kappa shape index (κ2) is 7.18. The van der Waals surface area contributed by atoms with Gasteiger partial charge in [-0.1, -0.05) is 0 Å². The van der Waals surface area contributed by atoms with E-state index in [1.807, 2.05) is 36.4 Å². The first-order valence-corrected chi connectivity index (χ1v) is 10.2. The highest BCUT2D eigenvalue weighted by Crippen LogP contribution is 2.26. The molecule has 0 amide bonds. The zero-order valence-electron chi connectivity index (χ0n) is 16.7. The van der Waals surface area contributed by atoms with E-state index in [-0.39, 0.29) is 0 Å². The number of anilines is 1. The van der Waals surface area contributed by atoms with Crippen molar-refractivity contribution in [1.29, 1.82) is 0 Å². The largest absolute Gasteiger partial charge is 0.369 e. The highest BCUT2D eigenvalue weighted by atomic mass is 15.3. The Hall–Kier alpha value is -2.45. The molecule has 0 saturated carbocycles. The van der Waals surface area contributed by atoms with Gasteiger partial charge in [-0.2, -0.15) is 10.2 Å². The van der Waals surface area contributed by atoms with Gasteiger partial charge in [0, 0.05) is 69.7 Å². The van der Waals surface area contributed by atoms with Gasteiger partial charge < -0.3 is 9.80 Å². The van der Waals surface area contributed by atoms with Gasteiger partial charge in [0.2, 0.25) is 0 Å². The number of fused-ring (bicyclic) bond motifs is 1. The molecule has 0 bridgehead atoms. The number of hydrogen-bond donors (Lipinski definition) is 0. The molecular weight excluding hydrogens is 352 g/mol. The van der Waals surface area contributed by atoms with Crippen LogP contribution in [0.5, 0.6) is 0 Å². The van der Waals surface area contributed by atoms with Crippen LogP contribution in [0.25, 0.3) is 16.8 Å². The topological polar surface area (TPSA) is 57.7 Å². The van der Waals surface area contributed by atoms with Gasteiger partial charge in [-0.25, -0.2) is 9.50 Å². The van der Waals surface area contributed by atoms with Crippen LogP contribution in [0, 0.1) is 0 Å². The van der Waals surface area contributed by atoms with Crippen LogP contribution in [0.2, 0.25) is 0 Å². The standard InChI is InChI=1S/C20H28N8/c1-24-7-9-27(10-8-24)17-3-5-26(6-4-17)18-12-21-20-19(13-23-28(20)15-18)16-11-22-25(2)14-16/h11-15,17H,3-10H2,1-2H3. The zero-order valence-corrected chi connectivity index (χ0v) is 16.7. The molecule has 0 aromatic carbocycles. The van der Waals surface area contributed by atoms with Crippen LogP contribution >= 0.6 is 0 Å². The third-order valence-corrected chi connectivity index (χ3v) is 6.24. The molecule has 8 nitrogen and oxygen atoms in total. The SMILES string of the molecule is CN1CCN(C2CCN(c3cnc4c(-c5cnn(C)c5)cnn4c3)CC2)CC1. The van der Waals surface area contributed by atoms with Crippen LogP contribution in [0.3, 0.4) is 0 Å². The van der Waals surface area contributed by atoms with Crippen LogP contribution in [-0.2, 0) is 7.05 Å². The lowest BCUT2D eigenvalue weighted by Crippen LogP contribution is -2.52. The third-order valence-electron chi connectivity index (χ3n) is 6.24. The smallest absolute Gasteiger partial charge is 0.163 e. The number of aryl methyl sites for hydroxylation is 1. The molecule has 28 heavy (non-hydrogen) atoms. The highest BCUT2D eigenvalue weighted by Gasteiger charge is 2.27. The van der Waals surface area contributed by atoms with Gasteiger partial charge in [0.15, 0.2) is 5.65 Å². The van der Waals surface area contributed by atoms with Crippen LogP contribution in [0.1, 0.15) is 12.8 Å². The fourth-order valence-electron chi connectivity index (χ4n) is 4.47. The Balaban J connectivity index is 1.28. The summed E-state index contributed by atoms with van der Waals surface area (Å²) in [5, 5.41) is 8.79. The first-order valence-electron chi connectivity index (χ1n) is 10.2. The van der Waals surface area contributed by atoms with Crippen molar-refractivity contribution in [3.05, 3.63) is 31.0 Å². The van der Waals surface area contributed by atoms with Gasteiger partial charge >= 0.3 is 0 Å². The molecule has 2 aliphatic heterocycles. The lowest BCUT2D eigenvalue weighted by molar-refractivity contribution is 0.0982. The molecule has 2 saturated heterocycles. The summed E-state index contributed by atoms with van der Waals surface area (Å²) >= 11 is 0. The molecule has 3 aromatic rings. The van der Waals surface area contributed by atoms with E-state index in [1.54, 1.807) is 4.68 Å². The number of piperidine rings is 1. The van der Waals surface area contributed by atoms with Crippen molar-refractivity contribution in [3.8, 4) is 11.1 Å². The fourth-order valence-corrected chi connectivity index (χ4v) is 4.47. The molecule has 0 spiro atoms. The van der Waals surface area contributed by atoms with E-state index in [0.717, 1.165) is 41.6 Å². The van der Waals surface area contributed by atoms with Gasteiger partial charge in [0.25, 0.3) is 0 Å². The van der Waals surface area contributed by atoms with Crippen molar-refractivity contribution in [1.82, 2.24) is 34.2 Å². The maximum absolute atomic E-state index is 4.72. The molecule has 5 rings (SSSR count). The van der Waals surface area contributed by atoms with Gasteiger partial charge in [-0.05, 0) is 19.9 Å². The minimum atomic E-state index is 0.725. The predicted octanol–water partition coefficient (Wildman–Crippen LogP) is 1.35. The summed E-state index contributed by atoms with van der Waals surface area (Å²) in [6.07, 6.45) is 12.3. The van der Waals surface area contributed by atoms with Crippen molar-refractivity contribution in [2.75, 3.05) is 51.2 Å². The van der Waals surface area contributed by atoms with Crippen molar-refractivity contribution < 1.29 is 0 Å². The normalized spacial score (nSPS) is 20.3. The molecule has 148 valence electrons. The maximum atomic E-state index is 4.72. The molecule has 2 fully saturated rings. The molecule has 0 unspecified atom stereocenters. The Morgan fingerprint density at radius 3 is 2.36 bits per heavy atom. The summed E-state index contributed by atoms with van der Waals surface area (Å²) < 4.78 is 3.70. The number of rotatable bonds is 3. The van der Waals surface area contributed by atoms with E-state index in [2.05, 4.69) is 38.1 Å². The van der Waals surface area contributed by atoms with E-state index in [9.17, 15) is 0 Å². The first-order chi connectivity index (χ1) is 13.7. The van der Waals surface area contributed by atoms with Crippen LogP contribution in [0.4, 0.5) is 5.69 Å². The Morgan fingerprint density at radius 1 is 0.857 bits per heavy atom. The molecule has 2 aliphatic rings. The van der Waals surface area contributed by atoms with E-state index in [1.165, 1.54) is 39.0 Å². The minimum absolute atomic E-state index is 0.725. The lowest BCUT2D eigenvalue weighted by Gasteiger charge is -2.42. The van der Waals surface area contributed by atoms with Gasteiger partial charge in [0.1, 0.15) is 0 Å². The van der Waals surface area contributed by atoms with Crippen LogP contribution in [-0.4, -0.2) is 86.5 Å². The Bertz CT molecular complexity index is 944. The number of piperazine rings is 1. The molecule has 0 aliphatic carbocycles. The van der Waals surface area contributed by atoms with E-state index < -0.39 is 0 Å². The summed E-state index contributed by atoms with van der Waals surface area (Å²) in [7, 11) is 4.14.